The molecule has 0 radical (unpaired) electrons. The van der Waals surface area contributed by atoms with E-state index in [9.17, 15) is 9.59 Å². The largest absolute Gasteiger partial charge is 0.497 e. The number of carbonyl (C=O) groups excluding carboxylic acids is 1. The maximum Gasteiger partial charge on any atom is 0.306 e. The highest BCUT2D eigenvalue weighted by Crippen LogP contribution is 2.25. The molecule has 2 heterocycles. The third-order valence-electron chi connectivity index (χ3n) is 4.34. The molecular formula is C21H17N3O4S. The molecule has 29 heavy (non-hydrogen) atoms. The van der Waals surface area contributed by atoms with E-state index in [1.54, 1.807) is 32.4 Å². The molecule has 3 aromatic rings. The lowest BCUT2D eigenvalue weighted by molar-refractivity contribution is -0.114. The van der Waals surface area contributed by atoms with Gasteiger partial charge in [-0.05, 0) is 48.6 Å². The predicted octanol–water partition coefficient (Wildman–Crippen LogP) is 2.22. The first-order valence-corrected chi connectivity index (χ1v) is 9.52. The topological polar surface area (TPSA) is 92.8 Å². The summed E-state index contributed by atoms with van der Waals surface area (Å²) in [6.07, 6.45) is 3.42. The van der Waals surface area contributed by atoms with E-state index in [2.05, 4.69) is 15.3 Å². The molecule has 0 aliphatic carbocycles. The van der Waals surface area contributed by atoms with Gasteiger partial charge >= 0.3 is 4.87 Å². The normalized spacial score (nSPS) is 14.0. The molecule has 0 atom stereocenters. The Balaban J connectivity index is 1.70. The molecule has 0 saturated heterocycles. The van der Waals surface area contributed by atoms with E-state index in [1.807, 2.05) is 36.4 Å². The van der Waals surface area contributed by atoms with Crippen LogP contribution in [0.5, 0.6) is 11.5 Å². The van der Waals surface area contributed by atoms with Gasteiger partial charge in [-0.3, -0.25) is 14.6 Å². The molecule has 2 aromatic carbocycles. The number of H-pyrrole nitrogens is 1. The van der Waals surface area contributed by atoms with Crippen molar-refractivity contribution in [2.45, 2.75) is 0 Å². The fraction of sp³-hybridized carbons (Fsp3) is 0.0952. The molecule has 0 fully saturated rings. The Morgan fingerprint density at radius 3 is 2.48 bits per heavy atom. The SMILES string of the molecule is COc1ccc(Nc2[nH]c(=O)sc2C=C2C=c3ccc(OC)cc3=NC2=O)cc1. The predicted molar refractivity (Wildman–Crippen MR) is 112 cm³/mol. The summed E-state index contributed by atoms with van der Waals surface area (Å²) in [7, 11) is 3.16. The van der Waals surface area contributed by atoms with Crippen molar-refractivity contribution in [2.24, 2.45) is 4.99 Å². The van der Waals surface area contributed by atoms with Crippen LogP contribution in [0.3, 0.4) is 0 Å². The number of hydrogen-bond donors (Lipinski definition) is 2. The van der Waals surface area contributed by atoms with Gasteiger partial charge in [-0.25, -0.2) is 4.99 Å². The molecule has 2 N–H and O–H groups in total. The number of rotatable bonds is 5. The Morgan fingerprint density at radius 2 is 1.76 bits per heavy atom. The van der Waals surface area contributed by atoms with Crippen molar-refractivity contribution < 1.29 is 14.3 Å². The third-order valence-corrected chi connectivity index (χ3v) is 5.17. The molecule has 1 amide bonds. The quantitative estimate of drug-likeness (QED) is 0.633. The second kappa shape index (κ2) is 7.76. The lowest BCUT2D eigenvalue weighted by Gasteiger charge is -2.07. The maximum atomic E-state index is 12.5. The number of fused-ring (bicyclic) bond motifs is 1. The van der Waals surface area contributed by atoms with Crippen LogP contribution in [-0.4, -0.2) is 25.1 Å². The van der Waals surface area contributed by atoms with E-state index in [0.29, 0.717) is 27.4 Å². The summed E-state index contributed by atoms with van der Waals surface area (Å²) in [4.78, 5) is 31.7. The molecule has 1 aliphatic rings. The lowest BCUT2D eigenvalue weighted by Crippen LogP contribution is -2.30. The zero-order valence-corrected chi connectivity index (χ0v) is 16.5. The summed E-state index contributed by atoms with van der Waals surface area (Å²) in [5, 5.41) is 4.54. The van der Waals surface area contributed by atoms with E-state index in [-0.39, 0.29) is 10.8 Å². The van der Waals surface area contributed by atoms with E-state index in [0.717, 1.165) is 28.0 Å². The minimum Gasteiger partial charge on any atom is -0.497 e. The van der Waals surface area contributed by atoms with Crippen LogP contribution in [0, 0.1) is 0 Å². The molecule has 0 unspecified atom stereocenters. The van der Waals surface area contributed by atoms with Crippen molar-refractivity contribution in [3.05, 3.63) is 73.2 Å². The standard InChI is InChI=1S/C21H17N3O4S/c1-27-15-7-4-14(5-8-15)22-19-18(29-21(26)24-19)10-13-9-12-3-6-16(28-2)11-17(12)23-20(13)25/h3-11,22H,1-2H3,(H,24,26). The first kappa shape index (κ1) is 18.7. The fourth-order valence-corrected chi connectivity index (χ4v) is 3.61. The van der Waals surface area contributed by atoms with Gasteiger partial charge in [0, 0.05) is 22.5 Å². The van der Waals surface area contributed by atoms with Gasteiger partial charge in [-0.15, -0.1) is 0 Å². The Bertz CT molecular complexity index is 1290. The highest BCUT2D eigenvalue weighted by atomic mass is 32.1. The first-order chi connectivity index (χ1) is 14.1. The fourth-order valence-electron chi connectivity index (χ4n) is 2.87. The zero-order valence-electron chi connectivity index (χ0n) is 15.7. The van der Waals surface area contributed by atoms with Gasteiger partial charge in [-0.1, -0.05) is 11.3 Å². The number of aromatic nitrogens is 1. The number of amides is 1. The number of benzene rings is 2. The second-order valence-corrected chi connectivity index (χ2v) is 7.21. The van der Waals surface area contributed by atoms with Gasteiger partial charge in [0.1, 0.15) is 17.3 Å². The minimum atomic E-state index is -0.373. The number of carbonyl (C=O) groups is 1. The highest BCUT2D eigenvalue weighted by molar-refractivity contribution is 7.10. The summed E-state index contributed by atoms with van der Waals surface area (Å²) in [5.41, 5.74) is 1.18. The number of nitrogens with zero attached hydrogens (tertiary/aromatic N) is 1. The molecule has 0 saturated carbocycles. The summed E-state index contributed by atoms with van der Waals surface area (Å²) >= 11 is 1.02. The number of aromatic amines is 1. The van der Waals surface area contributed by atoms with Crippen molar-refractivity contribution in [1.82, 2.24) is 4.98 Å². The Labute approximate surface area is 169 Å². The molecule has 0 bridgehead atoms. The minimum absolute atomic E-state index is 0.224. The molecule has 7 nitrogen and oxygen atoms in total. The third kappa shape index (κ3) is 3.97. The summed E-state index contributed by atoms with van der Waals surface area (Å²) in [6, 6.07) is 12.7. The highest BCUT2D eigenvalue weighted by Gasteiger charge is 2.14. The van der Waals surface area contributed by atoms with Crippen LogP contribution < -0.4 is 30.2 Å². The summed E-state index contributed by atoms with van der Waals surface area (Å²) in [6.45, 7) is 0. The average Bonchev–Trinajstić information content (AvgIpc) is 3.07. The van der Waals surface area contributed by atoms with Crippen molar-refractivity contribution in [1.29, 1.82) is 0 Å². The number of anilines is 2. The van der Waals surface area contributed by atoms with E-state index < -0.39 is 0 Å². The van der Waals surface area contributed by atoms with E-state index >= 15 is 0 Å². The number of ether oxygens (including phenoxy) is 2. The van der Waals surface area contributed by atoms with Crippen LogP contribution in [0.25, 0.3) is 12.2 Å². The van der Waals surface area contributed by atoms with Crippen LogP contribution >= 0.6 is 11.3 Å². The zero-order chi connectivity index (χ0) is 20.4. The van der Waals surface area contributed by atoms with Crippen LogP contribution in [0.2, 0.25) is 0 Å². The van der Waals surface area contributed by atoms with Gasteiger partial charge in [0.05, 0.1) is 24.5 Å². The summed E-state index contributed by atoms with van der Waals surface area (Å²) in [5.74, 6) is 1.51. The van der Waals surface area contributed by atoms with Crippen molar-refractivity contribution in [3.63, 3.8) is 0 Å². The van der Waals surface area contributed by atoms with Crippen molar-refractivity contribution >= 4 is 40.9 Å². The maximum absolute atomic E-state index is 12.5. The van der Waals surface area contributed by atoms with E-state index in [4.69, 9.17) is 9.47 Å². The van der Waals surface area contributed by atoms with Gasteiger partial charge in [0.25, 0.3) is 5.91 Å². The van der Waals surface area contributed by atoms with Crippen LogP contribution in [-0.2, 0) is 4.79 Å². The Kier molecular flexibility index (Phi) is 5.01. The molecule has 4 rings (SSSR count). The smallest absolute Gasteiger partial charge is 0.306 e. The van der Waals surface area contributed by atoms with Crippen LogP contribution in [0.4, 0.5) is 11.5 Å². The van der Waals surface area contributed by atoms with Crippen LogP contribution in [0.1, 0.15) is 4.88 Å². The average molecular weight is 407 g/mol. The van der Waals surface area contributed by atoms with Crippen LogP contribution in [0.15, 0.2) is 57.8 Å². The molecule has 8 heteroatoms. The molecular weight excluding hydrogens is 390 g/mol. The Hall–Kier alpha value is -3.65. The first-order valence-electron chi connectivity index (χ1n) is 8.70. The van der Waals surface area contributed by atoms with Gasteiger partial charge in [-0.2, -0.15) is 0 Å². The number of methoxy groups -OCH3 is 2. The molecule has 0 spiro atoms. The van der Waals surface area contributed by atoms with Gasteiger partial charge in [0.2, 0.25) is 0 Å². The van der Waals surface area contributed by atoms with Gasteiger partial charge in [0.15, 0.2) is 0 Å². The number of nitrogens with one attached hydrogen (secondary N) is 2. The molecule has 1 aromatic heterocycles. The number of hydrogen-bond acceptors (Lipinski definition) is 6. The van der Waals surface area contributed by atoms with Crippen molar-refractivity contribution in [2.75, 3.05) is 19.5 Å². The second-order valence-electron chi connectivity index (χ2n) is 6.19. The molecule has 146 valence electrons. The lowest BCUT2D eigenvalue weighted by atomic mass is 10.1. The summed E-state index contributed by atoms with van der Waals surface area (Å²) < 4.78 is 10.3. The monoisotopic (exact) mass is 407 g/mol. The van der Waals surface area contributed by atoms with E-state index in [1.165, 1.54) is 0 Å². The van der Waals surface area contributed by atoms with Crippen molar-refractivity contribution in [3.8, 4) is 11.5 Å². The van der Waals surface area contributed by atoms with Gasteiger partial charge < -0.3 is 14.8 Å². The number of thiazole rings is 1. The Morgan fingerprint density at radius 1 is 1.03 bits per heavy atom. The molecule has 1 aliphatic heterocycles.